The molecule has 1 unspecified atom stereocenters. The van der Waals surface area contributed by atoms with Crippen LogP contribution in [0.2, 0.25) is 0 Å². The molecule has 1 atom stereocenters. The molecule has 0 radical (unpaired) electrons. The second-order valence-corrected chi connectivity index (χ2v) is 6.82. The summed E-state index contributed by atoms with van der Waals surface area (Å²) in [4.78, 5) is 18.2. The van der Waals surface area contributed by atoms with Crippen molar-refractivity contribution >= 4 is 35.9 Å². The lowest BCUT2D eigenvalue weighted by atomic mass is 9.97. The molecule has 1 heterocycles. The topological polar surface area (TPSA) is 63.2 Å². The van der Waals surface area contributed by atoms with Crippen LogP contribution >= 0.6 is 24.0 Å². The number of hydrogen-bond donors (Lipinski definition) is 1. The summed E-state index contributed by atoms with van der Waals surface area (Å²) in [5.41, 5.74) is 1.19. The monoisotopic (exact) mass is 489 g/mol. The van der Waals surface area contributed by atoms with Crippen molar-refractivity contribution in [3.05, 3.63) is 35.9 Å². The number of carbonyl (C=O) groups is 1. The van der Waals surface area contributed by atoms with E-state index in [4.69, 9.17) is 9.47 Å². The molecular weight excluding hydrogens is 457 g/mol. The van der Waals surface area contributed by atoms with Crippen LogP contribution in [0.25, 0.3) is 0 Å². The van der Waals surface area contributed by atoms with Gasteiger partial charge in [0, 0.05) is 26.7 Å². The fraction of sp³-hybridized carbons (Fsp3) is 0.600. The van der Waals surface area contributed by atoms with Crippen LogP contribution < -0.4 is 5.32 Å². The molecule has 1 fully saturated rings. The summed E-state index contributed by atoms with van der Waals surface area (Å²) in [6.07, 6.45) is 1.62. The van der Waals surface area contributed by atoms with Crippen molar-refractivity contribution < 1.29 is 14.3 Å². The van der Waals surface area contributed by atoms with Crippen molar-refractivity contribution in [2.45, 2.75) is 26.4 Å². The highest BCUT2D eigenvalue weighted by Crippen LogP contribution is 2.18. The third kappa shape index (κ3) is 8.04. The van der Waals surface area contributed by atoms with E-state index in [0.29, 0.717) is 19.1 Å². The third-order valence-corrected chi connectivity index (χ3v) is 4.66. The minimum Gasteiger partial charge on any atom is -0.469 e. The van der Waals surface area contributed by atoms with Gasteiger partial charge in [0.2, 0.25) is 0 Å². The van der Waals surface area contributed by atoms with Crippen LogP contribution in [-0.2, 0) is 20.9 Å². The Labute approximate surface area is 179 Å². The van der Waals surface area contributed by atoms with Crippen molar-refractivity contribution in [3.8, 4) is 0 Å². The minimum absolute atomic E-state index is 0. The zero-order valence-electron chi connectivity index (χ0n) is 16.5. The van der Waals surface area contributed by atoms with Crippen LogP contribution in [0, 0.1) is 11.8 Å². The van der Waals surface area contributed by atoms with Crippen LogP contribution in [-0.4, -0.2) is 57.2 Å². The molecule has 6 nitrogen and oxygen atoms in total. The van der Waals surface area contributed by atoms with Crippen molar-refractivity contribution in [2.75, 3.05) is 40.4 Å². The van der Waals surface area contributed by atoms with Gasteiger partial charge in [0.1, 0.15) is 0 Å². The molecule has 2 rings (SSSR count). The molecule has 0 bridgehead atoms. The van der Waals surface area contributed by atoms with Gasteiger partial charge in [0.25, 0.3) is 0 Å². The zero-order valence-corrected chi connectivity index (χ0v) is 18.8. The Morgan fingerprint density at radius 3 is 2.56 bits per heavy atom. The fourth-order valence-corrected chi connectivity index (χ4v) is 3.10. The second kappa shape index (κ2) is 12.9. The van der Waals surface area contributed by atoms with Gasteiger partial charge in [-0.2, -0.15) is 0 Å². The molecule has 0 amide bonds. The van der Waals surface area contributed by atoms with E-state index in [1.54, 1.807) is 7.05 Å². The Hall–Kier alpha value is -1.35. The smallest absolute Gasteiger partial charge is 0.308 e. The van der Waals surface area contributed by atoms with E-state index in [1.807, 2.05) is 18.2 Å². The summed E-state index contributed by atoms with van der Waals surface area (Å²) >= 11 is 0. The van der Waals surface area contributed by atoms with Gasteiger partial charge in [-0.15, -0.1) is 24.0 Å². The SMILES string of the molecule is CN=C(NCC(C)COCc1ccccc1)N1CCC(C(=O)OC)CC1.I. The lowest BCUT2D eigenvalue weighted by Gasteiger charge is -2.33. The van der Waals surface area contributed by atoms with E-state index >= 15 is 0 Å². The normalized spacial score (nSPS) is 16.4. The predicted molar refractivity (Wildman–Crippen MR) is 118 cm³/mol. The molecule has 0 aromatic heterocycles. The number of ether oxygens (including phenoxy) is 2. The van der Waals surface area contributed by atoms with E-state index < -0.39 is 0 Å². The molecule has 27 heavy (non-hydrogen) atoms. The van der Waals surface area contributed by atoms with Crippen LogP contribution in [0.4, 0.5) is 0 Å². The van der Waals surface area contributed by atoms with Crippen LogP contribution in [0.3, 0.4) is 0 Å². The number of carbonyl (C=O) groups excluding carboxylic acids is 1. The van der Waals surface area contributed by atoms with Gasteiger partial charge in [-0.25, -0.2) is 0 Å². The number of likely N-dealkylation sites (tertiary alicyclic amines) is 1. The second-order valence-electron chi connectivity index (χ2n) is 6.82. The largest absolute Gasteiger partial charge is 0.469 e. The van der Waals surface area contributed by atoms with E-state index in [9.17, 15) is 4.79 Å². The first-order valence-corrected chi connectivity index (χ1v) is 9.29. The quantitative estimate of drug-likeness (QED) is 0.276. The number of piperidine rings is 1. The first-order valence-electron chi connectivity index (χ1n) is 9.29. The van der Waals surface area contributed by atoms with Gasteiger partial charge in [0.15, 0.2) is 5.96 Å². The number of rotatable bonds is 7. The average molecular weight is 489 g/mol. The molecule has 0 spiro atoms. The molecule has 1 aliphatic rings. The minimum atomic E-state index is -0.100. The molecule has 152 valence electrons. The Balaban J connectivity index is 0.00000364. The van der Waals surface area contributed by atoms with Crippen molar-refractivity contribution in [2.24, 2.45) is 16.8 Å². The van der Waals surface area contributed by atoms with Gasteiger partial charge in [0.05, 0.1) is 26.2 Å². The van der Waals surface area contributed by atoms with E-state index in [1.165, 1.54) is 12.7 Å². The molecule has 1 aromatic carbocycles. The number of nitrogens with zero attached hydrogens (tertiary/aromatic N) is 2. The van der Waals surface area contributed by atoms with E-state index in [2.05, 4.69) is 34.3 Å². The third-order valence-electron chi connectivity index (χ3n) is 4.66. The Morgan fingerprint density at radius 2 is 1.96 bits per heavy atom. The van der Waals surface area contributed by atoms with Crippen LogP contribution in [0.1, 0.15) is 25.3 Å². The Kier molecular flexibility index (Phi) is 11.3. The molecule has 0 saturated carbocycles. The Morgan fingerprint density at radius 1 is 1.30 bits per heavy atom. The number of hydrogen-bond acceptors (Lipinski definition) is 4. The van der Waals surface area contributed by atoms with Gasteiger partial charge >= 0.3 is 5.97 Å². The van der Waals surface area contributed by atoms with Crippen molar-refractivity contribution in [3.63, 3.8) is 0 Å². The van der Waals surface area contributed by atoms with Crippen LogP contribution in [0.5, 0.6) is 0 Å². The predicted octanol–water partition coefficient (Wildman–Crippen LogP) is 2.92. The molecular formula is C20H32IN3O3. The number of guanidine groups is 1. The first-order chi connectivity index (χ1) is 12.6. The number of aliphatic imine (C=N–C) groups is 1. The summed E-state index contributed by atoms with van der Waals surface area (Å²) in [5, 5.41) is 3.43. The maximum absolute atomic E-state index is 11.6. The summed E-state index contributed by atoms with van der Waals surface area (Å²) in [5.74, 6) is 1.18. The molecule has 1 N–H and O–H groups in total. The number of nitrogens with one attached hydrogen (secondary N) is 1. The van der Waals surface area contributed by atoms with Gasteiger partial charge in [-0.3, -0.25) is 9.79 Å². The lowest BCUT2D eigenvalue weighted by molar-refractivity contribution is -0.146. The molecule has 1 aromatic rings. The highest BCUT2D eigenvalue weighted by molar-refractivity contribution is 14.0. The van der Waals surface area contributed by atoms with Gasteiger partial charge in [-0.1, -0.05) is 37.3 Å². The van der Waals surface area contributed by atoms with Crippen molar-refractivity contribution in [1.29, 1.82) is 0 Å². The summed E-state index contributed by atoms with van der Waals surface area (Å²) in [6.45, 7) is 5.94. The molecule has 1 aliphatic heterocycles. The summed E-state index contributed by atoms with van der Waals surface area (Å²) in [6, 6.07) is 10.2. The standard InChI is InChI=1S/C20H31N3O3.HI/c1-16(14-26-15-17-7-5-4-6-8-17)13-22-20(21-2)23-11-9-18(10-12-23)19(24)25-3;/h4-8,16,18H,9-15H2,1-3H3,(H,21,22);1H. The fourth-order valence-electron chi connectivity index (χ4n) is 3.10. The maximum Gasteiger partial charge on any atom is 0.308 e. The van der Waals surface area contributed by atoms with Gasteiger partial charge in [-0.05, 0) is 24.3 Å². The van der Waals surface area contributed by atoms with Crippen molar-refractivity contribution in [1.82, 2.24) is 10.2 Å². The zero-order chi connectivity index (χ0) is 18.8. The number of methoxy groups -OCH3 is 1. The van der Waals surface area contributed by atoms with Gasteiger partial charge < -0.3 is 19.7 Å². The lowest BCUT2D eigenvalue weighted by Crippen LogP contribution is -2.47. The molecule has 7 heteroatoms. The number of halogens is 1. The van der Waals surface area contributed by atoms with Crippen LogP contribution in [0.15, 0.2) is 35.3 Å². The maximum atomic E-state index is 11.6. The Bertz CT molecular complexity index is 575. The first kappa shape index (κ1) is 23.7. The number of benzene rings is 1. The molecule has 1 saturated heterocycles. The average Bonchev–Trinajstić information content (AvgIpc) is 2.69. The highest BCUT2D eigenvalue weighted by atomic mass is 127. The summed E-state index contributed by atoms with van der Waals surface area (Å²) < 4.78 is 10.6. The number of esters is 1. The summed E-state index contributed by atoms with van der Waals surface area (Å²) in [7, 11) is 3.25. The highest BCUT2D eigenvalue weighted by Gasteiger charge is 2.27. The van der Waals surface area contributed by atoms with E-state index in [0.717, 1.165) is 38.4 Å². The van der Waals surface area contributed by atoms with E-state index in [-0.39, 0.29) is 35.9 Å². The molecule has 0 aliphatic carbocycles.